The zero-order valence-electron chi connectivity index (χ0n) is 9.16. The van der Waals surface area contributed by atoms with E-state index in [2.05, 4.69) is 10.6 Å². The number of nitrogens with two attached hydrogens (primary N) is 1. The van der Waals surface area contributed by atoms with Crippen LogP contribution in [0.2, 0.25) is 5.02 Å². The Morgan fingerprint density at radius 2 is 2.19 bits per heavy atom. The molecule has 0 aromatic heterocycles. The fraction of sp³-hybridized carbons (Fsp3) is 0.364. The molecule has 1 atom stereocenters. The van der Waals surface area contributed by atoms with Crippen molar-refractivity contribution in [3.8, 4) is 0 Å². The predicted molar refractivity (Wildman–Crippen MR) is 66.7 cm³/mol. The van der Waals surface area contributed by atoms with Crippen molar-refractivity contribution in [2.24, 2.45) is 5.73 Å². The number of benzene rings is 1. The van der Waals surface area contributed by atoms with Crippen LogP contribution >= 0.6 is 11.6 Å². The molecular formula is C11H16ClN3O. The van der Waals surface area contributed by atoms with Crippen LogP contribution in [0.1, 0.15) is 13.3 Å². The first-order chi connectivity index (χ1) is 7.67. The van der Waals surface area contributed by atoms with Crippen molar-refractivity contribution < 1.29 is 4.79 Å². The summed E-state index contributed by atoms with van der Waals surface area (Å²) in [6, 6.07) is 6.78. The molecule has 0 aliphatic carbocycles. The lowest BCUT2D eigenvalue weighted by Crippen LogP contribution is -2.42. The number of nitrogens with one attached hydrogen (secondary N) is 2. The van der Waals surface area contributed by atoms with Gasteiger partial charge in [-0.3, -0.25) is 0 Å². The molecule has 0 saturated carbocycles. The Hall–Kier alpha value is -1.26. The molecule has 1 aromatic rings. The van der Waals surface area contributed by atoms with Gasteiger partial charge in [0.15, 0.2) is 0 Å². The van der Waals surface area contributed by atoms with Crippen molar-refractivity contribution in [3.05, 3.63) is 29.3 Å². The zero-order chi connectivity index (χ0) is 12.0. The number of amides is 2. The fourth-order valence-electron chi connectivity index (χ4n) is 1.23. The molecule has 4 N–H and O–H groups in total. The molecule has 88 valence electrons. The van der Waals surface area contributed by atoms with Gasteiger partial charge in [0.1, 0.15) is 0 Å². The monoisotopic (exact) mass is 241 g/mol. The Labute approximate surface area is 100 Å². The molecule has 0 saturated heterocycles. The standard InChI is InChI=1S/C11H16ClN3O/c1-2-8(7-13)14-11(16)15-10-6-4-3-5-9(10)12/h3-6,8H,2,7,13H2,1H3,(H2,14,15,16). The molecule has 0 fully saturated rings. The highest BCUT2D eigenvalue weighted by atomic mass is 35.5. The molecule has 1 unspecified atom stereocenters. The van der Waals surface area contributed by atoms with Crippen LogP contribution in [0.4, 0.5) is 10.5 Å². The van der Waals surface area contributed by atoms with Crippen LogP contribution in [-0.2, 0) is 0 Å². The van der Waals surface area contributed by atoms with Gasteiger partial charge < -0.3 is 16.4 Å². The van der Waals surface area contributed by atoms with E-state index in [9.17, 15) is 4.79 Å². The summed E-state index contributed by atoms with van der Waals surface area (Å²) in [5.41, 5.74) is 6.08. The molecule has 0 aliphatic rings. The number of para-hydroxylation sites is 1. The highest BCUT2D eigenvalue weighted by molar-refractivity contribution is 6.33. The van der Waals surface area contributed by atoms with E-state index in [-0.39, 0.29) is 12.1 Å². The summed E-state index contributed by atoms with van der Waals surface area (Å²) in [6.45, 7) is 2.39. The van der Waals surface area contributed by atoms with Crippen molar-refractivity contribution in [2.75, 3.05) is 11.9 Å². The SMILES string of the molecule is CCC(CN)NC(=O)Nc1ccccc1Cl. The molecule has 0 heterocycles. The van der Waals surface area contributed by atoms with Gasteiger partial charge in [-0.15, -0.1) is 0 Å². The molecule has 0 bridgehead atoms. The van der Waals surface area contributed by atoms with E-state index in [4.69, 9.17) is 17.3 Å². The van der Waals surface area contributed by atoms with Gasteiger partial charge in [0, 0.05) is 12.6 Å². The summed E-state index contributed by atoms with van der Waals surface area (Å²) in [5, 5.41) is 5.94. The highest BCUT2D eigenvalue weighted by Gasteiger charge is 2.09. The molecule has 0 spiro atoms. The van der Waals surface area contributed by atoms with Crippen molar-refractivity contribution >= 4 is 23.3 Å². The number of carbonyl (C=O) groups excluding carboxylic acids is 1. The van der Waals surface area contributed by atoms with E-state index < -0.39 is 0 Å². The first-order valence-electron chi connectivity index (χ1n) is 5.19. The maximum atomic E-state index is 11.6. The highest BCUT2D eigenvalue weighted by Crippen LogP contribution is 2.20. The summed E-state index contributed by atoms with van der Waals surface area (Å²) >= 11 is 5.91. The first kappa shape index (κ1) is 12.8. The summed E-state index contributed by atoms with van der Waals surface area (Å²) in [7, 11) is 0. The molecule has 1 aromatic carbocycles. The third kappa shape index (κ3) is 3.72. The Bertz CT molecular complexity index is 353. The van der Waals surface area contributed by atoms with Gasteiger partial charge in [-0.25, -0.2) is 4.79 Å². The topological polar surface area (TPSA) is 67.1 Å². The summed E-state index contributed by atoms with van der Waals surface area (Å²) in [5.74, 6) is 0. The van der Waals surface area contributed by atoms with Crippen LogP contribution < -0.4 is 16.4 Å². The van der Waals surface area contributed by atoms with Crippen LogP contribution in [0.3, 0.4) is 0 Å². The van der Waals surface area contributed by atoms with Gasteiger partial charge in [-0.05, 0) is 18.6 Å². The summed E-state index contributed by atoms with van der Waals surface area (Å²) in [6.07, 6.45) is 0.798. The van der Waals surface area contributed by atoms with E-state index in [1.54, 1.807) is 18.2 Å². The van der Waals surface area contributed by atoms with E-state index in [0.717, 1.165) is 6.42 Å². The fourth-order valence-corrected chi connectivity index (χ4v) is 1.42. The number of rotatable bonds is 4. The normalized spacial score (nSPS) is 11.9. The molecule has 0 radical (unpaired) electrons. The second-order valence-corrected chi connectivity index (χ2v) is 3.83. The van der Waals surface area contributed by atoms with Crippen LogP contribution in [0.5, 0.6) is 0 Å². The first-order valence-corrected chi connectivity index (χ1v) is 5.57. The second-order valence-electron chi connectivity index (χ2n) is 3.42. The molecule has 5 heteroatoms. The van der Waals surface area contributed by atoms with Crippen molar-refractivity contribution in [1.29, 1.82) is 0 Å². The smallest absolute Gasteiger partial charge is 0.319 e. The van der Waals surface area contributed by atoms with Gasteiger partial charge in [0.2, 0.25) is 0 Å². The predicted octanol–water partition coefficient (Wildman–Crippen LogP) is 2.20. The minimum atomic E-state index is -0.287. The second kappa shape index (κ2) is 6.35. The number of carbonyl (C=O) groups is 1. The molecule has 16 heavy (non-hydrogen) atoms. The Kier molecular flexibility index (Phi) is 5.08. The quantitative estimate of drug-likeness (QED) is 0.757. The van der Waals surface area contributed by atoms with Gasteiger partial charge in [0.05, 0.1) is 10.7 Å². The maximum Gasteiger partial charge on any atom is 0.319 e. The lowest BCUT2D eigenvalue weighted by atomic mass is 10.2. The average molecular weight is 242 g/mol. The summed E-state index contributed by atoms with van der Waals surface area (Å²) in [4.78, 5) is 11.6. The molecule has 2 amide bonds. The molecular weight excluding hydrogens is 226 g/mol. The third-order valence-corrected chi connectivity index (χ3v) is 2.56. The van der Waals surface area contributed by atoms with Crippen LogP contribution in [0, 0.1) is 0 Å². The van der Waals surface area contributed by atoms with Crippen LogP contribution in [0.25, 0.3) is 0 Å². The minimum Gasteiger partial charge on any atom is -0.334 e. The number of anilines is 1. The number of hydrogen-bond acceptors (Lipinski definition) is 2. The zero-order valence-corrected chi connectivity index (χ0v) is 9.92. The third-order valence-electron chi connectivity index (χ3n) is 2.23. The summed E-state index contributed by atoms with van der Waals surface area (Å²) < 4.78 is 0. The number of urea groups is 1. The minimum absolute atomic E-state index is 0.0116. The van der Waals surface area contributed by atoms with E-state index in [1.807, 2.05) is 13.0 Å². The maximum absolute atomic E-state index is 11.6. The van der Waals surface area contributed by atoms with Crippen molar-refractivity contribution in [3.63, 3.8) is 0 Å². The Morgan fingerprint density at radius 3 is 2.75 bits per heavy atom. The Balaban J connectivity index is 2.55. The van der Waals surface area contributed by atoms with Crippen LogP contribution in [-0.4, -0.2) is 18.6 Å². The molecule has 0 aliphatic heterocycles. The van der Waals surface area contributed by atoms with Gasteiger partial charge in [-0.2, -0.15) is 0 Å². The molecule has 1 rings (SSSR count). The van der Waals surface area contributed by atoms with Crippen molar-refractivity contribution in [1.82, 2.24) is 5.32 Å². The van der Waals surface area contributed by atoms with E-state index in [1.165, 1.54) is 0 Å². The van der Waals surface area contributed by atoms with Crippen molar-refractivity contribution in [2.45, 2.75) is 19.4 Å². The lowest BCUT2D eigenvalue weighted by Gasteiger charge is -2.15. The Morgan fingerprint density at radius 1 is 1.50 bits per heavy atom. The van der Waals surface area contributed by atoms with E-state index in [0.29, 0.717) is 17.3 Å². The number of hydrogen-bond donors (Lipinski definition) is 3. The average Bonchev–Trinajstić information content (AvgIpc) is 2.29. The van der Waals surface area contributed by atoms with Gasteiger partial charge in [-0.1, -0.05) is 30.7 Å². The van der Waals surface area contributed by atoms with E-state index >= 15 is 0 Å². The van der Waals surface area contributed by atoms with Crippen LogP contribution in [0.15, 0.2) is 24.3 Å². The largest absolute Gasteiger partial charge is 0.334 e. The van der Waals surface area contributed by atoms with Gasteiger partial charge >= 0.3 is 6.03 Å². The van der Waals surface area contributed by atoms with Gasteiger partial charge in [0.25, 0.3) is 0 Å². The number of halogens is 1. The lowest BCUT2D eigenvalue weighted by molar-refractivity contribution is 0.248. The molecule has 4 nitrogen and oxygen atoms in total.